The van der Waals surface area contributed by atoms with Gasteiger partial charge >= 0.3 is 6.03 Å². The number of halogens is 2. The number of amides is 3. The Kier molecular flexibility index (Phi) is 4.80. The van der Waals surface area contributed by atoms with Gasteiger partial charge in [0, 0.05) is 28.6 Å². The summed E-state index contributed by atoms with van der Waals surface area (Å²) in [6, 6.07) is 11.2. The summed E-state index contributed by atoms with van der Waals surface area (Å²) in [5, 5.41) is 3.90. The van der Waals surface area contributed by atoms with Crippen LogP contribution in [0.2, 0.25) is 10.0 Å². The van der Waals surface area contributed by atoms with Crippen molar-refractivity contribution in [1.29, 1.82) is 0 Å². The standard InChI is InChI=1S/C20H16Cl2N4O3/c1-20(13-7-6-11(21)10-14(13)22)18(28)26(19(29)25-20)9-8-16-23-15-5-3-2-4-12(15)17(27)24-16/h2-7,10H,8-9H2,1H3,(H,25,29)(H,23,24,27). The van der Waals surface area contributed by atoms with Gasteiger partial charge in [0.1, 0.15) is 11.4 Å². The van der Waals surface area contributed by atoms with Crippen molar-refractivity contribution in [2.24, 2.45) is 0 Å². The van der Waals surface area contributed by atoms with Crippen LogP contribution in [0.1, 0.15) is 18.3 Å². The monoisotopic (exact) mass is 430 g/mol. The maximum Gasteiger partial charge on any atom is 0.325 e. The highest BCUT2D eigenvalue weighted by atomic mass is 35.5. The van der Waals surface area contributed by atoms with E-state index in [0.29, 0.717) is 27.3 Å². The zero-order valence-corrected chi connectivity index (χ0v) is 16.8. The first-order valence-electron chi connectivity index (χ1n) is 8.87. The second-order valence-electron chi connectivity index (χ2n) is 6.92. The molecular weight excluding hydrogens is 415 g/mol. The van der Waals surface area contributed by atoms with Crippen LogP contribution in [0.5, 0.6) is 0 Å². The van der Waals surface area contributed by atoms with E-state index >= 15 is 0 Å². The minimum Gasteiger partial charge on any atom is -0.319 e. The highest BCUT2D eigenvalue weighted by Crippen LogP contribution is 2.34. The molecule has 0 aliphatic carbocycles. The first-order chi connectivity index (χ1) is 13.8. The number of nitrogens with one attached hydrogen (secondary N) is 2. The molecule has 3 aromatic rings. The summed E-state index contributed by atoms with van der Waals surface area (Å²) in [6.45, 7) is 1.66. The van der Waals surface area contributed by atoms with Gasteiger partial charge in [-0.1, -0.05) is 41.4 Å². The number of hydrogen-bond donors (Lipinski definition) is 2. The summed E-state index contributed by atoms with van der Waals surface area (Å²) in [5.74, 6) is -0.0395. The maximum absolute atomic E-state index is 13.0. The van der Waals surface area contributed by atoms with Gasteiger partial charge in [-0.15, -0.1) is 0 Å². The number of benzene rings is 2. The van der Waals surface area contributed by atoms with Crippen LogP contribution < -0.4 is 10.9 Å². The van der Waals surface area contributed by atoms with Crippen molar-refractivity contribution in [3.63, 3.8) is 0 Å². The van der Waals surface area contributed by atoms with Crippen molar-refractivity contribution in [3.8, 4) is 0 Å². The van der Waals surface area contributed by atoms with Crippen LogP contribution in [-0.2, 0) is 16.8 Å². The molecule has 29 heavy (non-hydrogen) atoms. The Morgan fingerprint density at radius 3 is 2.62 bits per heavy atom. The van der Waals surface area contributed by atoms with E-state index in [1.54, 1.807) is 43.3 Å². The normalized spacial score (nSPS) is 19.1. The summed E-state index contributed by atoms with van der Waals surface area (Å²) in [5.41, 5.74) is -0.549. The summed E-state index contributed by atoms with van der Waals surface area (Å²) >= 11 is 12.2. The minimum absolute atomic E-state index is 0.0622. The molecule has 0 spiro atoms. The van der Waals surface area contributed by atoms with E-state index in [-0.39, 0.29) is 23.5 Å². The van der Waals surface area contributed by atoms with Gasteiger partial charge < -0.3 is 10.3 Å². The van der Waals surface area contributed by atoms with Crippen LogP contribution >= 0.6 is 23.2 Å². The fourth-order valence-corrected chi connectivity index (χ4v) is 4.05. The third kappa shape index (κ3) is 3.36. The summed E-state index contributed by atoms with van der Waals surface area (Å²) < 4.78 is 0. The van der Waals surface area contributed by atoms with E-state index < -0.39 is 17.5 Å². The average molecular weight is 431 g/mol. The average Bonchev–Trinajstić information content (AvgIpc) is 2.89. The van der Waals surface area contributed by atoms with E-state index in [0.717, 1.165) is 4.90 Å². The van der Waals surface area contributed by atoms with Gasteiger partial charge in [-0.25, -0.2) is 9.78 Å². The molecule has 1 aliphatic rings. The number of carbonyl (C=O) groups is 2. The number of urea groups is 1. The van der Waals surface area contributed by atoms with Gasteiger partial charge in [-0.05, 0) is 31.2 Å². The lowest BCUT2D eigenvalue weighted by Crippen LogP contribution is -2.41. The van der Waals surface area contributed by atoms with E-state index in [1.165, 1.54) is 6.07 Å². The van der Waals surface area contributed by atoms with E-state index in [9.17, 15) is 14.4 Å². The molecular formula is C20H16Cl2N4O3. The number of carbonyl (C=O) groups excluding carboxylic acids is 2. The van der Waals surface area contributed by atoms with Crippen molar-refractivity contribution in [3.05, 3.63) is 74.3 Å². The Morgan fingerprint density at radius 2 is 1.86 bits per heavy atom. The molecule has 9 heteroatoms. The topological polar surface area (TPSA) is 95.2 Å². The number of aromatic nitrogens is 2. The third-order valence-electron chi connectivity index (χ3n) is 4.98. The Balaban J connectivity index is 1.58. The van der Waals surface area contributed by atoms with Gasteiger partial charge in [-0.3, -0.25) is 14.5 Å². The van der Waals surface area contributed by atoms with Crippen LogP contribution in [0.4, 0.5) is 4.79 Å². The molecule has 0 saturated carbocycles. The molecule has 1 atom stereocenters. The molecule has 1 fully saturated rings. The van der Waals surface area contributed by atoms with Crippen LogP contribution in [0.15, 0.2) is 47.3 Å². The molecule has 1 aromatic heterocycles. The number of hydrogen-bond acceptors (Lipinski definition) is 4. The van der Waals surface area contributed by atoms with Crippen LogP contribution in [-0.4, -0.2) is 33.4 Å². The number of rotatable bonds is 4. The van der Waals surface area contributed by atoms with Gasteiger partial charge in [-0.2, -0.15) is 0 Å². The number of para-hydroxylation sites is 1. The zero-order valence-electron chi connectivity index (χ0n) is 15.3. The fourth-order valence-electron chi connectivity index (χ4n) is 3.45. The Bertz CT molecular complexity index is 1210. The second-order valence-corrected chi connectivity index (χ2v) is 7.76. The molecule has 1 unspecified atom stereocenters. The molecule has 2 N–H and O–H groups in total. The van der Waals surface area contributed by atoms with E-state index in [4.69, 9.17) is 23.2 Å². The SMILES string of the molecule is CC1(c2ccc(Cl)cc2Cl)NC(=O)N(CCc2nc3ccccc3c(=O)[nH]2)C1=O. The van der Waals surface area contributed by atoms with E-state index in [1.807, 2.05) is 0 Å². The number of H-pyrrole nitrogens is 1. The highest BCUT2D eigenvalue weighted by molar-refractivity contribution is 6.35. The summed E-state index contributed by atoms with van der Waals surface area (Å²) in [6.07, 6.45) is 0.212. The molecule has 1 saturated heterocycles. The van der Waals surface area contributed by atoms with Crippen LogP contribution in [0, 0.1) is 0 Å². The van der Waals surface area contributed by atoms with Gasteiger partial charge in [0.15, 0.2) is 0 Å². The molecule has 4 rings (SSSR count). The van der Waals surface area contributed by atoms with Gasteiger partial charge in [0.2, 0.25) is 0 Å². The quantitative estimate of drug-likeness (QED) is 0.620. The maximum atomic E-state index is 13.0. The lowest BCUT2D eigenvalue weighted by molar-refractivity contribution is -0.131. The van der Waals surface area contributed by atoms with Crippen molar-refractivity contribution < 1.29 is 9.59 Å². The van der Waals surface area contributed by atoms with Gasteiger partial charge in [0.05, 0.1) is 10.9 Å². The largest absolute Gasteiger partial charge is 0.325 e. The minimum atomic E-state index is -1.30. The van der Waals surface area contributed by atoms with Crippen molar-refractivity contribution >= 4 is 46.0 Å². The molecule has 7 nitrogen and oxygen atoms in total. The van der Waals surface area contributed by atoms with E-state index in [2.05, 4.69) is 15.3 Å². The third-order valence-corrected chi connectivity index (χ3v) is 5.53. The fraction of sp³-hybridized carbons (Fsp3) is 0.200. The Labute approximate surface area is 175 Å². The molecule has 148 valence electrons. The smallest absolute Gasteiger partial charge is 0.319 e. The Hall–Kier alpha value is -2.90. The van der Waals surface area contributed by atoms with Crippen LogP contribution in [0.25, 0.3) is 10.9 Å². The summed E-state index contributed by atoms with van der Waals surface area (Å²) in [4.78, 5) is 45.9. The molecule has 0 bridgehead atoms. The van der Waals surface area contributed by atoms with Crippen molar-refractivity contribution in [1.82, 2.24) is 20.2 Å². The van der Waals surface area contributed by atoms with Gasteiger partial charge in [0.25, 0.3) is 11.5 Å². The molecule has 2 aromatic carbocycles. The second kappa shape index (κ2) is 7.17. The lowest BCUT2D eigenvalue weighted by atomic mass is 9.92. The highest BCUT2D eigenvalue weighted by Gasteiger charge is 2.49. The predicted octanol–water partition coefficient (Wildman–Crippen LogP) is 3.24. The lowest BCUT2D eigenvalue weighted by Gasteiger charge is -2.23. The zero-order chi connectivity index (χ0) is 20.8. The number of aromatic amines is 1. The predicted molar refractivity (Wildman–Crippen MR) is 110 cm³/mol. The molecule has 1 aliphatic heterocycles. The molecule has 0 radical (unpaired) electrons. The molecule has 2 heterocycles. The van der Waals surface area contributed by atoms with Crippen LogP contribution in [0.3, 0.4) is 0 Å². The number of fused-ring (bicyclic) bond motifs is 1. The molecule has 3 amide bonds. The first-order valence-corrected chi connectivity index (χ1v) is 9.63. The van der Waals surface area contributed by atoms with Crippen molar-refractivity contribution in [2.45, 2.75) is 18.9 Å². The Morgan fingerprint density at radius 1 is 1.10 bits per heavy atom. The number of nitrogens with zero attached hydrogens (tertiary/aromatic N) is 2. The summed E-state index contributed by atoms with van der Waals surface area (Å²) in [7, 11) is 0. The first kappa shape index (κ1) is 19.4. The van der Waals surface area contributed by atoms with Crippen molar-refractivity contribution in [2.75, 3.05) is 6.54 Å². The number of imide groups is 1.